The number of hydrogen-bond acceptors (Lipinski definition) is 2. The summed E-state index contributed by atoms with van der Waals surface area (Å²) < 4.78 is 0. The van der Waals surface area contributed by atoms with Crippen LogP contribution in [0, 0.1) is 0 Å². The monoisotopic (exact) mass is 247 g/mol. The maximum atomic E-state index is 10.6. The Morgan fingerprint density at radius 2 is 1.78 bits per heavy atom. The molecule has 1 aliphatic rings. The van der Waals surface area contributed by atoms with E-state index in [9.17, 15) is 5.11 Å². The van der Waals surface area contributed by atoms with Crippen LogP contribution in [0.15, 0.2) is 30.3 Å². The molecule has 0 amide bonds. The van der Waals surface area contributed by atoms with Crippen LogP contribution in [0.1, 0.15) is 38.7 Å². The van der Waals surface area contributed by atoms with Crippen molar-refractivity contribution in [3.63, 3.8) is 0 Å². The molecule has 2 nitrogen and oxygen atoms in total. The van der Waals surface area contributed by atoms with Crippen molar-refractivity contribution in [2.24, 2.45) is 0 Å². The Morgan fingerprint density at radius 3 is 2.33 bits per heavy atom. The predicted octanol–water partition coefficient (Wildman–Crippen LogP) is 2.85. The standard InChI is InChI=1S/C16H25NO/c1-14(2)17-12-10-16(18,11-13-17)9-8-15-6-4-3-5-7-15/h3-7,14,18H,8-13H2,1-2H3. The maximum absolute atomic E-state index is 10.6. The lowest BCUT2D eigenvalue weighted by atomic mass is 9.85. The van der Waals surface area contributed by atoms with Crippen LogP contribution in [0.25, 0.3) is 0 Å². The molecule has 0 saturated carbocycles. The first kappa shape index (κ1) is 13.6. The summed E-state index contributed by atoms with van der Waals surface area (Å²) in [5.41, 5.74) is 0.888. The van der Waals surface area contributed by atoms with E-state index >= 15 is 0 Å². The molecule has 1 saturated heterocycles. The van der Waals surface area contributed by atoms with Gasteiger partial charge >= 0.3 is 0 Å². The summed E-state index contributed by atoms with van der Waals surface area (Å²) in [4.78, 5) is 2.46. The SMILES string of the molecule is CC(C)N1CCC(O)(CCc2ccccc2)CC1. The van der Waals surface area contributed by atoms with Crippen molar-refractivity contribution in [3.05, 3.63) is 35.9 Å². The molecule has 0 bridgehead atoms. The molecule has 1 aromatic carbocycles. The van der Waals surface area contributed by atoms with Crippen LogP contribution in [0.4, 0.5) is 0 Å². The van der Waals surface area contributed by atoms with Gasteiger partial charge in [0.05, 0.1) is 5.60 Å². The van der Waals surface area contributed by atoms with Crippen molar-refractivity contribution >= 4 is 0 Å². The van der Waals surface area contributed by atoms with Gasteiger partial charge in [0.25, 0.3) is 0 Å². The molecule has 1 fully saturated rings. The van der Waals surface area contributed by atoms with E-state index in [1.54, 1.807) is 0 Å². The van der Waals surface area contributed by atoms with E-state index in [1.165, 1.54) is 5.56 Å². The number of benzene rings is 1. The highest BCUT2D eigenvalue weighted by Gasteiger charge is 2.32. The quantitative estimate of drug-likeness (QED) is 0.884. The van der Waals surface area contributed by atoms with Crippen molar-refractivity contribution in [1.82, 2.24) is 4.90 Å². The number of likely N-dealkylation sites (tertiary alicyclic amines) is 1. The molecule has 1 aromatic rings. The van der Waals surface area contributed by atoms with Crippen molar-refractivity contribution in [2.75, 3.05) is 13.1 Å². The van der Waals surface area contributed by atoms with Crippen LogP contribution >= 0.6 is 0 Å². The molecule has 1 aliphatic heterocycles. The van der Waals surface area contributed by atoms with Gasteiger partial charge in [-0.3, -0.25) is 0 Å². The Labute approximate surface area is 111 Å². The fourth-order valence-corrected chi connectivity index (χ4v) is 2.73. The third kappa shape index (κ3) is 3.56. The Hall–Kier alpha value is -0.860. The molecule has 1 N–H and O–H groups in total. The number of hydrogen-bond donors (Lipinski definition) is 1. The first-order valence-electron chi connectivity index (χ1n) is 7.09. The Morgan fingerprint density at radius 1 is 1.17 bits per heavy atom. The highest BCUT2D eigenvalue weighted by Crippen LogP contribution is 2.28. The van der Waals surface area contributed by atoms with E-state index in [2.05, 4.69) is 43.0 Å². The van der Waals surface area contributed by atoms with Crippen LogP contribution in [0.2, 0.25) is 0 Å². The third-order valence-corrected chi connectivity index (χ3v) is 4.18. The second kappa shape index (κ2) is 5.85. The van der Waals surface area contributed by atoms with Gasteiger partial charge in [-0.1, -0.05) is 30.3 Å². The smallest absolute Gasteiger partial charge is 0.0675 e. The van der Waals surface area contributed by atoms with Gasteiger partial charge in [0, 0.05) is 19.1 Å². The second-order valence-electron chi connectivity index (χ2n) is 5.84. The molecule has 0 radical (unpaired) electrons. The first-order chi connectivity index (χ1) is 8.59. The number of rotatable bonds is 4. The predicted molar refractivity (Wildman–Crippen MR) is 75.7 cm³/mol. The van der Waals surface area contributed by atoms with Crippen LogP contribution in [0.3, 0.4) is 0 Å². The number of nitrogens with zero attached hydrogens (tertiary/aromatic N) is 1. The molecule has 0 aromatic heterocycles. The van der Waals surface area contributed by atoms with Gasteiger partial charge in [0.15, 0.2) is 0 Å². The normalized spacial score (nSPS) is 20.2. The van der Waals surface area contributed by atoms with Crippen molar-refractivity contribution in [3.8, 4) is 0 Å². The summed E-state index contributed by atoms with van der Waals surface area (Å²) in [6.45, 7) is 6.52. The summed E-state index contributed by atoms with van der Waals surface area (Å²) in [5.74, 6) is 0. The molecule has 0 atom stereocenters. The van der Waals surface area contributed by atoms with E-state index in [0.717, 1.165) is 38.8 Å². The van der Waals surface area contributed by atoms with Gasteiger partial charge < -0.3 is 10.0 Å². The van der Waals surface area contributed by atoms with E-state index < -0.39 is 5.60 Å². The summed E-state index contributed by atoms with van der Waals surface area (Å²) in [6.07, 6.45) is 3.71. The van der Waals surface area contributed by atoms with Gasteiger partial charge in [-0.05, 0) is 45.1 Å². The largest absolute Gasteiger partial charge is 0.390 e. The van der Waals surface area contributed by atoms with Crippen molar-refractivity contribution in [2.45, 2.75) is 51.2 Å². The van der Waals surface area contributed by atoms with E-state index in [1.807, 2.05) is 6.07 Å². The van der Waals surface area contributed by atoms with Gasteiger partial charge in [-0.2, -0.15) is 0 Å². The Kier molecular flexibility index (Phi) is 4.41. The van der Waals surface area contributed by atoms with E-state index in [0.29, 0.717) is 6.04 Å². The molecule has 18 heavy (non-hydrogen) atoms. The summed E-state index contributed by atoms with van der Waals surface area (Å²) in [5, 5.41) is 10.6. The molecule has 2 rings (SSSR count). The lowest BCUT2D eigenvalue weighted by molar-refractivity contribution is -0.0334. The lowest BCUT2D eigenvalue weighted by Crippen LogP contribution is -2.46. The highest BCUT2D eigenvalue weighted by atomic mass is 16.3. The van der Waals surface area contributed by atoms with Crippen LogP contribution in [-0.4, -0.2) is 34.7 Å². The average molecular weight is 247 g/mol. The Bertz CT molecular complexity index is 353. The zero-order valence-electron chi connectivity index (χ0n) is 11.6. The fraction of sp³-hybridized carbons (Fsp3) is 0.625. The molecular formula is C16H25NO. The summed E-state index contributed by atoms with van der Waals surface area (Å²) >= 11 is 0. The molecular weight excluding hydrogens is 222 g/mol. The zero-order chi connectivity index (χ0) is 13.0. The average Bonchev–Trinajstić information content (AvgIpc) is 2.38. The van der Waals surface area contributed by atoms with Crippen LogP contribution in [-0.2, 0) is 6.42 Å². The minimum Gasteiger partial charge on any atom is -0.390 e. The molecule has 100 valence electrons. The molecule has 0 spiro atoms. The zero-order valence-corrected chi connectivity index (χ0v) is 11.6. The molecule has 2 heteroatoms. The van der Waals surface area contributed by atoms with Gasteiger partial charge in [0.1, 0.15) is 0 Å². The summed E-state index contributed by atoms with van der Waals surface area (Å²) in [6, 6.07) is 11.1. The topological polar surface area (TPSA) is 23.5 Å². The third-order valence-electron chi connectivity index (χ3n) is 4.18. The number of aryl methyl sites for hydroxylation is 1. The van der Waals surface area contributed by atoms with Gasteiger partial charge in [-0.25, -0.2) is 0 Å². The van der Waals surface area contributed by atoms with Crippen LogP contribution in [0.5, 0.6) is 0 Å². The Balaban J connectivity index is 1.83. The van der Waals surface area contributed by atoms with Gasteiger partial charge in [-0.15, -0.1) is 0 Å². The van der Waals surface area contributed by atoms with E-state index in [4.69, 9.17) is 0 Å². The maximum Gasteiger partial charge on any atom is 0.0675 e. The van der Waals surface area contributed by atoms with Crippen molar-refractivity contribution in [1.29, 1.82) is 0 Å². The van der Waals surface area contributed by atoms with Crippen molar-refractivity contribution < 1.29 is 5.11 Å². The van der Waals surface area contributed by atoms with E-state index in [-0.39, 0.29) is 0 Å². The molecule has 1 heterocycles. The van der Waals surface area contributed by atoms with Gasteiger partial charge in [0.2, 0.25) is 0 Å². The molecule has 0 unspecified atom stereocenters. The fourth-order valence-electron chi connectivity index (χ4n) is 2.73. The summed E-state index contributed by atoms with van der Waals surface area (Å²) in [7, 11) is 0. The van der Waals surface area contributed by atoms with Crippen LogP contribution < -0.4 is 0 Å². The second-order valence-corrected chi connectivity index (χ2v) is 5.84. The molecule has 0 aliphatic carbocycles. The highest BCUT2D eigenvalue weighted by molar-refractivity contribution is 5.15. The minimum atomic E-state index is -0.443. The first-order valence-corrected chi connectivity index (χ1v) is 7.09. The minimum absolute atomic E-state index is 0.443. The number of aliphatic hydroxyl groups is 1. The lowest BCUT2D eigenvalue weighted by Gasteiger charge is -2.40. The number of piperidine rings is 1.